The lowest BCUT2D eigenvalue weighted by Gasteiger charge is -2.25. The van der Waals surface area contributed by atoms with E-state index in [2.05, 4.69) is 0 Å². The molecule has 1 fully saturated rings. The van der Waals surface area contributed by atoms with E-state index in [0.29, 0.717) is 0 Å². The maximum Gasteiger partial charge on any atom is 0.471 e. The summed E-state index contributed by atoms with van der Waals surface area (Å²) in [6, 6.07) is 0. The number of alkyl halides is 3. The number of hydrogen-bond donors (Lipinski definition) is 2. The molecule has 0 aromatic heterocycles. The molecule has 1 rings (SSSR count). The molecule has 0 saturated carbocycles. The van der Waals surface area contributed by atoms with Gasteiger partial charge in [0.2, 0.25) is 0 Å². The summed E-state index contributed by atoms with van der Waals surface area (Å²) in [5.74, 6) is -4.62. The molecule has 0 bridgehead atoms. The number of carboxylic acid groups (broad SMARTS) is 1. The minimum atomic E-state index is -5.06. The average Bonchev–Trinajstić information content (AvgIpc) is 2.42. The summed E-state index contributed by atoms with van der Waals surface area (Å²) in [6.07, 6.45) is -5.39. The van der Waals surface area contributed by atoms with Gasteiger partial charge in [-0.15, -0.1) is 0 Å². The number of nitrogens with one attached hydrogen (secondary N) is 1. The number of aliphatic carboxylic acids is 1. The fraction of sp³-hybridized carbons (Fsp3) is 0.800. The van der Waals surface area contributed by atoms with Gasteiger partial charge in [0.1, 0.15) is 0 Å². The van der Waals surface area contributed by atoms with Crippen LogP contribution in [0.1, 0.15) is 20.3 Å². The zero-order chi connectivity index (χ0) is 15.9. The van der Waals surface area contributed by atoms with Gasteiger partial charge < -0.3 is 10.4 Å². The van der Waals surface area contributed by atoms with Gasteiger partial charge in [-0.3, -0.25) is 9.59 Å². The highest BCUT2D eigenvalue weighted by molar-refractivity contribution is 7.94. The Bertz CT molecular complexity index is 526. The Balaban J connectivity index is 2.89. The first kappa shape index (κ1) is 16.7. The van der Waals surface area contributed by atoms with Crippen LogP contribution >= 0.6 is 0 Å². The number of carbonyl (C=O) groups excluding carboxylic acids is 1. The summed E-state index contributed by atoms with van der Waals surface area (Å²) >= 11 is 0. The van der Waals surface area contributed by atoms with Crippen LogP contribution in [-0.4, -0.2) is 48.1 Å². The highest BCUT2D eigenvalue weighted by Crippen LogP contribution is 2.41. The Morgan fingerprint density at radius 2 is 1.85 bits per heavy atom. The molecule has 6 nitrogen and oxygen atoms in total. The molecule has 116 valence electrons. The average molecular weight is 317 g/mol. The lowest BCUT2D eigenvalue weighted by molar-refractivity contribution is -0.173. The zero-order valence-electron chi connectivity index (χ0n) is 10.7. The fourth-order valence-electron chi connectivity index (χ4n) is 2.15. The number of sulfone groups is 1. The highest BCUT2D eigenvalue weighted by atomic mass is 32.2. The van der Waals surface area contributed by atoms with E-state index in [1.54, 1.807) is 5.32 Å². The molecule has 1 amide bonds. The van der Waals surface area contributed by atoms with E-state index in [0.717, 1.165) is 0 Å². The van der Waals surface area contributed by atoms with Gasteiger partial charge >= 0.3 is 18.1 Å². The maximum atomic E-state index is 12.0. The Morgan fingerprint density at radius 3 is 2.20 bits per heavy atom. The smallest absolute Gasteiger partial charge is 0.471 e. The van der Waals surface area contributed by atoms with E-state index in [-0.39, 0.29) is 6.42 Å². The third-order valence-electron chi connectivity index (χ3n) is 3.63. The van der Waals surface area contributed by atoms with Crippen LogP contribution in [0.2, 0.25) is 0 Å². The fourth-order valence-corrected chi connectivity index (χ4v) is 4.28. The molecule has 1 aliphatic heterocycles. The Hall–Kier alpha value is -1.32. The van der Waals surface area contributed by atoms with E-state index in [9.17, 15) is 31.2 Å². The molecule has 0 aromatic rings. The topological polar surface area (TPSA) is 101 Å². The third kappa shape index (κ3) is 2.74. The van der Waals surface area contributed by atoms with Crippen molar-refractivity contribution >= 4 is 21.7 Å². The molecule has 0 aliphatic carbocycles. The van der Waals surface area contributed by atoms with Crippen molar-refractivity contribution in [3.05, 3.63) is 0 Å². The first-order chi connectivity index (χ1) is 8.81. The SMILES string of the molecule is CC1(C)C(CNC(=O)C(F)(F)F)CC(C(=O)O)S1(=O)=O. The van der Waals surface area contributed by atoms with Crippen LogP contribution in [0.4, 0.5) is 13.2 Å². The number of amides is 1. The summed E-state index contributed by atoms with van der Waals surface area (Å²) in [6.45, 7) is 1.94. The van der Waals surface area contributed by atoms with Crippen LogP contribution in [0.25, 0.3) is 0 Å². The number of carboxylic acids is 1. The predicted molar refractivity (Wildman–Crippen MR) is 61.6 cm³/mol. The Labute approximate surface area is 113 Å². The van der Waals surface area contributed by atoms with Crippen molar-refractivity contribution in [2.24, 2.45) is 5.92 Å². The molecule has 0 radical (unpaired) electrons. The number of rotatable bonds is 3. The van der Waals surface area contributed by atoms with Gasteiger partial charge in [0.15, 0.2) is 15.1 Å². The molecule has 1 heterocycles. The van der Waals surface area contributed by atoms with Crippen molar-refractivity contribution in [1.29, 1.82) is 0 Å². The third-order valence-corrected chi connectivity index (χ3v) is 6.57. The van der Waals surface area contributed by atoms with Crippen molar-refractivity contribution in [3.8, 4) is 0 Å². The second kappa shape index (κ2) is 4.90. The zero-order valence-corrected chi connectivity index (χ0v) is 11.5. The molecular weight excluding hydrogens is 303 g/mol. The van der Waals surface area contributed by atoms with Crippen LogP contribution in [0, 0.1) is 5.92 Å². The highest BCUT2D eigenvalue weighted by Gasteiger charge is 2.56. The maximum absolute atomic E-state index is 12.0. The van der Waals surface area contributed by atoms with E-state index in [1.165, 1.54) is 13.8 Å². The van der Waals surface area contributed by atoms with Crippen LogP contribution in [0.5, 0.6) is 0 Å². The molecule has 0 spiro atoms. The van der Waals surface area contributed by atoms with Gasteiger partial charge in [0, 0.05) is 6.54 Å². The molecule has 1 aliphatic rings. The van der Waals surface area contributed by atoms with Crippen LogP contribution in [0.15, 0.2) is 0 Å². The number of halogens is 3. The summed E-state index contributed by atoms with van der Waals surface area (Å²) in [5.41, 5.74) is 0. The van der Waals surface area contributed by atoms with Gasteiger partial charge in [-0.2, -0.15) is 13.2 Å². The Kier molecular flexibility index (Phi) is 4.10. The number of carbonyl (C=O) groups is 2. The van der Waals surface area contributed by atoms with E-state index in [1.807, 2.05) is 0 Å². The van der Waals surface area contributed by atoms with Crippen LogP contribution in [-0.2, 0) is 19.4 Å². The molecule has 1 saturated heterocycles. The van der Waals surface area contributed by atoms with E-state index >= 15 is 0 Å². The predicted octanol–water partition coefficient (Wildman–Crippen LogP) is 0.331. The van der Waals surface area contributed by atoms with Gasteiger partial charge in [-0.25, -0.2) is 8.42 Å². The van der Waals surface area contributed by atoms with Crippen LogP contribution < -0.4 is 5.32 Å². The number of hydrogen-bond acceptors (Lipinski definition) is 4. The monoisotopic (exact) mass is 317 g/mol. The summed E-state index contributed by atoms with van der Waals surface area (Å²) < 4.78 is 58.6. The quantitative estimate of drug-likeness (QED) is 0.781. The largest absolute Gasteiger partial charge is 0.480 e. The summed E-state index contributed by atoms with van der Waals surface area (Å²) in [7, 11) is -4.03. The molecule has 2 N–H and O–H groups in total. The van der Waals surface area contributed by atoms with Gasteiger partial charge in [-0.1, -0.05) is 0 Å². The van der Waals surface area contributed by atoms with Crippen molar-refractivity contribution in [3.63, 3.8) is 0 Å². The summed E-state index contributed by atoms with van der Waals surface area (Å²) in [5, 5.41) is 8.79. The lowest BCUT2D eigenvalue weighted by Crippen LogP contribution is -2.44. The van der Waals surface area contributed by atoms with Crippen molar-refractivity contribution < 1.29 is 36.3 Å². The van der Waals surface area contributed by atoms with Crippen LogP contribution in [0.3, 0.4) is 0 Å². The normalized spacial score (nSPS) is 28.1. The van der Waals surface area contributed by atoms with Gasteiger partial charge in [0.05, 0.1) is 4.75 Å². The molecular formula is C10H14F3NO5S. The standard InChI is InChI=1S/C10H14F3NO5S/c1-9(2)5(4-14-8(17)10(11,12)13)3-6(7(15)16)20(9,18)19/h5-6H,3-4H2,1-2H3,(H,14,17)(H,15,16). The summed E-state index contributed by atoms with van der Waals surface area (Å²) in [4.78, 5) is 21.6. The molecule has 20 heavy (non-hydrogen) atoms. The molecule has 2 atom stereocenters. The molecule has 0 aromatic carbocycles. The molecule has 2 unspecified atom stereocenters. The molecule has 10 heteroatoms. The Morgan fingerprint density at radius 1 is 1.35 bits per heavy atom. The van der Waals surface area contributed by atoms with Crippen molar-refractivity contribution in [1.82, 2.24) is 5.32 Å². The van der Waals surface area contributed by atoms with Gasteiger partial charge in [-0.05, 0) is 26.2 Å². The minimum Gasteiger partial charge on any atom is -0.480 e. The van der Waals surface area contributed by atoms with Gasteiger partial charge in [0.25, 0.3) is 0 Å². The van der Waals surface area contributed by atoms with Crippen molar-refractivity contribution in [2.45, 2.75) is 36.4 Å². The second-order valence-electron chi connectivity index (χ2n) is 5.12. The first-order valence-corrected chi connectivity index (χ1v) is 7.17. The van der Waals surface area contributed by atoms with Crippen molar-refractivity contribution in [2.75, 3.05) is 6.54 Å². The van der Waals surface area contributed by atoms with E-state index < -0.39 is 50.3 Å². The lowest BCUT2D eigenvalue weighted by atomic mass is 9.91. The first-order valence-electron chi connectivity index (χ1n) is 5.63. The van der Waals surface area contributed by atoms with E-state index in [4.69, 9.17) is 5.11 Å². The second-order valence-corrected chi connectivity index (χ2v) is 7.83. The minimum absolute atomic E-state index is 0.331.